The molecule has 0 N–H and O–H groups in total. The Morgan fingerprint density at radius 3 is 2.24 bits per heavy atom. The van der Waals surface area contributed by atoms with Gasteiger partial charge in [0.25, 0.3) is 5.79 Å². The number of rotatable bonds is 1. The van der Waals surface area contributed by atoms with Crippen molar-refractivity contribution in [2.45, 2.75) is 38.9 Å². The van der Waals surface area contributed by atoms with E-state index in [2.05, 4.69) is 26.8 Å². The van der Waals surface area contributed by atoms with E-state index in [0.29, 0.717) is 5.02 Å². The third kappa shape index (κ3) is 2.27. The van der Waals surface area contributed by atoms with E-state index in [1.165, 1.54) is 5.56 Å². The summed E-state index contributed by atoms with van der Waals surface area (Å²) in [5.41, 5.74) is 2.13. The maximum Gasteiger partial charge on any atom is 0.275 e. The number of ether oxygens (including phenoxy) is 2. The first-order valence-electron chi connectivity index (χ1n) is 5.64. The van der Waals surface area contributed by atoms with Gasteiger partial charge in [-0.05, 0) is 23.1 Å². The summed E-state index contributed by atoms with van der Waals surface area (Å²) in [6.45, 7) is 8.35. The molecule has 0 saturated carbocycles. The van der Waals surface area contributed by atoms with Crippen LogP contribution in [0.15, 0.2) is 30.7 Å². The molecular weight excluding hydrogens is 236 g/mol. The van der Waals surface area contributed by atoms with Crippen molar-refractivity contribution in [3.8, 4) is 0 Å². The molecule has 1 aliphatic rings. The molecule has 0 spiro atoms. The van der Waals surface area contributed by atoms with Crippen LogP contribution in [0.4, 0.5) is 0 Å². The second-order valence-corrected chi connectivity index (χ2v) is 5.81. The molecule has 0 unspecified atom stereocenters. The number of benzene rings is 1. The topological polar surface area (TPSA) is 18.5 Å². The summed E-state index contributed by atoms with van der Waals surface area (Å²) in [5.74, 6) is -0.807. The van der Waals surface area contributed by atoms with Gasteiger partial charge in [0, 0.05) is 6.92 Å². The second-order valence-electron chi connectivity index (χ2n) is 5.40. The quantitative estimate of drug-likeness (QED) is 0.741. The fourth-order valence-electron chi connectivity index (χ4n) is 1.81. The summed E-state index contributed by atoms with van der Waals surface area (Å²) in [7, 11) is 0. The Morgan fingerprint density at radius 2 is 1.71 bits per heavy atom. The molecule has 0 fully saturated rings. The summed E-state index contributed by atoms with van der Waals surface area (Å²) in [5, 5.41) is 0.657. The summed E-state index contributed by atoms with van der Waals surface area (Å²) >= 11 is 6.23. The Balaban J connectivity index is 2.47. The van der Waals surface area contributed by atoms with Crippen LogP contribution in [-0.2, 0) is 20.7 Å². The summed E-state index contributed by atoms with van der Waals surface area (Å²) < 4.78 is 11.0. The minimum Gasteiger partial charge on any atom is -0.453 e. The average molecular weight is 253 g/mol. The lowest BCUT2D eigenvalue weighted by Gasteiger charge is -2.27. The lowest BCUT2D eigenvalue weighted by Crippen LogP contribution is -2.24. The van der Waals surface area contributed by atoms with Gasteiger partial charge in [-0.15, -0.1) is 0 Å². The molecule has 1 aromatic rings. The van der Waals surface area contributed by atoms with E-state index in [-0.39, 0.29) is 5.41 Å². The van der Waals surface area contributed by atoms with Gasteiger partial charge in [-0.1, -0.05) is 38.4 Å². The van der Waals surface area contributed by atoms with Crippen LogP contribution in [0.3, 0.4) is 0 Å². The highest BCUT2D eigenvalue weighted by Crippen LogP contribution is 2.38. The Morgan fingerprint density at radius 1 is 1.12 bits per heavy atom. The molecule has 3 heteroatoms. The van der Waals surface area contributed by atoms with Gasteiger partial charge < -0.3 is 9.47 Å². The first kappa shape index (κ1) is 12.3. The van der Waals surface area contributed by atoms with Crippen LogP contribution in [0.1, 0.15) is 38.8 Å². The van der Waals surface area contributed by atoms with Crippen molar-refractivity contribution in [2.75, 3.05) is 0 Å². The van der Waals surface area contributed by atoms with E-state index in [1.54, 1.807) is 12.5 Å². The fourth-order valence-corrected chi connectivity index (χ4v) is 2.10. The number of hydrogen-bond acceptors (Lipinski definition) is 2. The molecule has 92 valence electrons. The van der Waals surface area contributed by atoms with E-state index in [9.17, 15) is 0 Å². The zero-order valence-electron chi connectivity index (χ0n) is 10.6. The highest BCUT2D eigenvalue weighted by molar-refractivity contribution is 6.31. The Kier molecular flexibility index (Phi) is 2.86. The van der Waals surface area contributed by atoms with Crippen molar-refractivity contribution in [1.82, 2.24) is 0 Å². The van der Waals surface area contributed by atoms with Crippen LogP contribution >= 0.6 is 11.6 Å². The van der Waals surface area contributed by atoms with Gasteiger partial charge in [-0.25, -0.2) is 0 Å². The van der Waals surface area contributed by atoms with Crippen LogP contribution in [0.5, 0.6) is 0 Å². The SMILES string of the molecule is CC(C)(C)c1ccc(Cl)c(C2(C)OC=CO2)c1. The van der Waals surface area contributed by atoms with E-state index < -0.39 is 5.79 Å². The van der Waals surface area contributed by atoms with E-state index in [4.69, 9.17) is 21.1 Å². The lowest BCUT2D eigenvalue weighted by molar-refractivity contribution is -0.133. The van der Waals surface area contributed by atoms with Crippen molar-refractivity contribution in [3.05, 3.63) is 46.9 Å². The van der Waals surface area contributed by atoms with Crippen LogP contribution in [0.25, 0.3) is 0 Å². The van der Waals surface area contributed by atoms with Crippen LogP contribution < -0.4 is 0 Å². The summed E-state index contributed by atoms with van der Waals surface area (Å²) in [6.07, 6.45) is 3.08. The maximum atomic E-state index is 6.23. The Labute approximate surface area is 107 Å². The van der Waals surface area contributed by atoms with Crippen molar-refractivity contribution in [3.63, 3.8) is 0 Å². The minimum absolute atomic E-state index is 0.0712. The standard InChI is InChI=1S/C14H17ClO2/c1-13(2,3)10-5-6-12(15)11(9-10)14(4)16-7-8-17-14/h5-9H,1-4H3. The monoisotopic (exact) mass is 252 g/mol. The van der Waals surface area contributed by atoms with Gasteiger partial charge in [-0.3, -0.25) is 0 Å². The molecule has 17 heavy (non-hydrogen) atoms. The van der Waals surface area contributed by atoms with Gasteiger partial charge in [0.05, 0.1) is 10.6 Å². The first-order chi connectivity index (χ1) is 7.83. The number of halogens is 1. The van der Waals surface area contributed by atoms with Crippen LogP contribution in [-0.4, -0.2) is 0 Å². The van der Waals surface area contributed by atoms with Gasteiger partial charge in [0.2, 0.25) is 0 Å². The maximum absolute atomic E-state index is 6.23. The van der Waals surface area contributed by atoms with Crippen molar-refractivity contribution < 1.29 is 9.47 Å². The van der Waals surface area contributed by atoms with Gasteiger partial charge in [-0.2, -0.15) is 0 Å². The zero-order chi connectivity index (χ0) is 12.7. The highest BCUT2D eigenvalue weighted by atomic mass is 35.5. The largest absolute Gasteiger partial charge is 0.453 e. The molecule has 1 aromatic carbocycles. The molecule has 0 atom stereocenters. The number of hydrogen-bond donors (Lipinski definition) is 0. The molecule has 1 heterocycles. The second kappa shape index (κ2) is 3.95. The Bertz CT molecular complexity index is 450. The first-order valence-corrected chi connectivity index (χ1v) is 6.02. The van der Waals surface area contributed by atoms with Crippen LogP contribution in [0.2, 0.25) is 5.02 Å². The van der Waals surface area contributed by atoms with Crippen molar-refractivity contribution in [1.29, 1.82) is 0 Å². The molecule has 0 aromatic heterocycles. The third-order valence-electron chi connectivity index (χ3n) is 2.96. The van der Waals surface area contributed by atoms with E-state index in [1.807, 2.05) is 19.1 Å². The predicted octanol–water partition coefficient (Wildman–Crippen LogP) is 4.33. The molecule has 2 nitrogen and oxygen atoms in total. The van der Waals surface area contributed by atoms with Crippen LogP contribution in [0, 0.1) is 0 Å². The smallest absolute Gasteiger partial charge is 0.275 e. The van der Waals surface area contributed by atoms with Crippen molar-refractivity contribution in [2.24, 2.45) is 0 Å². The van der Waals surface area contributed by atoms with Gasteiger partial charge >= 0.3 is 0 Å². The molecule has 1 aliphatic heterocycles. The highest BCUT2D eigenvalue weighted by Gasteiger charge is 2.35. The normalized spacial score (nSPS) is 17.7. The van der Waals surface area contributed by atoms with Gasteiger partial charge in [0.1, 0.15) is 12.5 Å². The molecule has 0 bridgehead atoms. The molecule has 0 amide bonds. The zero-order valence-corrected chi connectivity index (χ0v) is 11.3. The Hall–Kier alpha value is -1.15. The predicted molar refractivity (Wildman–Crippen MR) is 68.8 cm³/mol. The molecular formula is C14H17ClO2. The van der Waals surface area contributed by atoms with Gasteiger partial charge in [0.15, 0.2) is 0 Å². The molecule has 0 saturated heterocycles. The molecule has 2 rings (SSSR count). The summed E-state index contributed by atoms with van der Waals surface area (Å²) in [6, 6.07) is 5.99. The van der Waals surface area contributed by atoms with Crippen molar-refractivity contribution >= 4 is 11.6 Å². The summed E-state index contributed by atoms with van der Waals surface area (Å²) in [4.78, 5) is 0. The lowest BCUT2D eigenvalue weighted by atomic mass is 9.85. The average Bonchev–Trinajstić information content (AvgIpc) is 2.65. The van der Waals surface area contributed by atoms with E-state index >= 15 is 0 Å². The molecule has 0 aliphatic carbocycles. The third-order valence-corrected chi connectivity index (χ3v) is 3.29. The van der Waals surface area contributed by atoms with E-state index in [0.717, 1.165) is 5.56 Å². The molecule has 0 radical (unpaired) electrons. The fraction of sp³-hybridized carbons (Fsp3) is 0.429. The minimum atomic E-state index is -0.807.